The van der Waals surface area contributed by atoms with E-state index in [4.69, 9.17) is 73.9 Å². The minimum atomic E-state index is -5.41. The molecule has 0 amide bonds. The number of phosphoric ester groups is 3. The first-order valence-electron chi connectivity index (χ1n) is 43.1. The van der Waals surface area contributed by atoms with E-state index in [1.54, 1.807) is 121 Å². The van der Waals surface area contributed by atoms with Crippen LogP contribution in [0.15, 0.2) is 212 Å². The number of hydrogen-bond donors (Lipinski definition) is 0. The lowest BCUT2D eigenvalue weighted by Crippen LogP contribution is -2.67. The molecule has 1 fully saturated rings. The van der Waals surface area contributed by atoms with Gasteiger partial charge >= 0.3 is 35.4 Å². The first-order chi connectivity index (χ1) is 58.3. The molecule has 0 heterocycles. The van der Waals surface area contributed by atoms with Crippen molar-refractivity contribution in [3.05, 3.63) is 251 Å². The molecule has 7 aromatic rings. The summed E-state index contributed by atoms with van der Waals surface area (Å²) in [4.78, 5) is 28.3. The van der Waals surface area contributed by atoms with Gasteiger partial charge in [-0.15, -0.1) is 0 Å². The Kier molecular flexibility index (Phi) is 48.4. The number of esters is 2. The van der Waals surface area contributed by atoms with Crippen molar-refractivity contribution in [1.29, 1.82) is 5.26 Å². The van der Waals surface area contributed by atoms with Crippen molar-refractivity contribution in [2.75, 3.05) is 26.8 Å². The lowest BCUT2D eigenvalue weighted by Gasteiger charge is -2.49. The molecule has 0 spiro atoms. The predicted octanol–water partition coefficient (Wildman–Crippen LogP) is 24.4. The molecular weight excluding hydrogens is 1570 g/mol. The number of phosphoric acid groups is 3. The third-order valence-corrected chi connectivity index (χ3v) is 24.4. The van der Waals surface area contributed by atoms with Crippen LogP contribution in [0.1, 0.15) is 239 Å². The summed E-state index contributed by atoms with van der Waals surface area (Å²) >= 11 is 0. The second-order valence-corrected chi connectivity index (χ2v) is 34.8. The smallest absolute Gasteiger partial charge is 0.423 e. The third kappa shape index (κ3) is 40.3. The molecule has 7 atom stereocenters. The van der Waals surface area contributed by atoms with Gasteiger partial charge in [-0.25, -0.2) is 13.7 Å². The molecule has 25 heteroatoms. The monoisotopic (exact) mass is 1700 g/mol. The summed E-state index contributed by atoms with van der Waals surface area (Å²) in [6.07, 6.45) is 14.8. The highest BCUT2D eigenvalue weighted by molar-refractivity contribution is 7.49. The summed E-state index contributed by atoms with van der Waals surface area (Å²) in [7, 11) is -15.7. The second kappa shape index (κ2) is 59.0. The Bertz CT molecular complexity index is 3830. The molecular formula is C94H128NO21P3. The van der Waals surface area contributed by atoms with Crippen molar-refractivity contribution in [1.82, 2.24) is 0 Å². The Morgan fingerprint density at radius 3 is 0.866 bits per heavy atom. The largest absolute Gasteiger partial charge is 0.475 e. The molecule has 0 bridgehead atoms. The van der Waals surface area contributed by atoms with Crippen molar-refractivity contribution in [2.45, 2.75) is 289 Å². The number of nitrogens with zero attached hydrogens (tertiary/aromatic N) is 1. The van der Waals surface area contributed by atoms with E-state index in [9.17, 15) is 14.9 Å². The van der Waals surface area contributed by atoms with Gasteiger partial charge in [0.05, 0.1) is 65.3 Å². The van der Waals surface area contributed by atoms with Gasteiger partial charge in [0.25, 0.3) is 6.29 Å². The molecule has 0 aliphatic heterocycles. The number of carbonyl (C=O) groups excluding carboxylic acids is 2. The van der Waals surface area contributed by atoms with Crippen molar-refractivity contribution < 1.29 is 97.2 Å². The van der Waals surface area contributed by atoms with Gasteiger partial charge in [0.2, 0.25) is 0 Å². The highest BCUT2D eigenvalue weighted by atomic mass is 31.2. The molecule has 650 valence electrons. The van der Waals surface area contributed by atoms with Crippen molar-refractivity contribution in [3.8, 4) is 6.07 Å². The zero-order valence-electron chi connectivity index (χ0n) is 69.9. The van der Waals surface area contributed by atoms with Gasteiger partial charge in [0.1, 0.15) is 56.8 Å². The number of nitriles is 1. The van der Waals surface area contributed by atoms with E-state index < -0.39 is 105 Å². The van der Waals surface area contributed by atoms with Crippen molar-refractivity contribution in [2.24, 2.45) is 0 Å². The van der Waals surface area contributed by atoms with Crippen molar-refractivity contribution in [3.63, 3.8) is 0 Å². The van der Waals surface area contributed by atoms with Crippen LogP contribution in [0.2, 0.25) is 0 Å². The number of carbonyl (C=O) groups is 2. The van der Waals surface area contributed by atoms with E-state index in [0.717, 1.165) is 75.3 Å². The van der Waals surface area contributed by atoms with E-state index in [0.29, 0.717) is 40.7 Å². The Balaban J connectivity index is 1.21. The summed E-state index contributed by atoms with van der Waals surface area (Å²) in [5, 5.41) is 10.1. The van der Waals surface area contributed by atoms with Gasteiger partial charge in [-0.1, -0.05) is 380 Å². The first kappa shape index (κ1) is 97.5. The van der Waals surface area contributed by atoms with Crippen LogP contribution in [0.3, 0.4) is 0 Å². The summed E-state index contributed by atoms with van der Waals surface area (Å²) in [5.74, 6) is -1.40. The van der Waals surface area contributed by atoms with Gasteiger partial charge in [-0.05, 0) is 51.8 Å². The van der Waals surface area contributed by atoms with Gasteiger partial charge in [0.15, 0.2) is 0 Å². The van der Waals surface area contributed by atoms with Crippen LogP contribution in [-0.4, -0.2) is 81.7 Å². The molecule has 119 heavy (non-hydrogen) atoms. The Morgan fingerprint density at radius 2 is 0.563 bits per heavy atom. The fourth-order valence-electron chi connectivity index (χ4n) is 13.6. The van der Waals surface area contributed by atoms with Gasteiger partial charge < -0.3 is 33.2 Å². The van der Waals surface area contributed by atoms with Gasteiger partial charge in [-0.3, -0.25) is 50.3 Å². The van der Waals surface area contributed by atoms with Crippen LogP contribution in [0.5, 0.6) is 0 Å². The average Bonchev–Trinajstić information content (AvgIpc) is 0.745. The quantitative estimate of drug-likeness (QED) is 0.0148. The lowest BCUT2D eigenvalue weighted by molar-refractivity contribution is -0.276. The lowest BCUT2D eigenvalue weighted by atomic mass is 9.84. The molecule has 0 N–H and O–H groups in total. The fraction of sp³-hybridized carbons (Fsp3) is 0.521. The summed E-state index contributed by atoms with van der Waals surface area (Å²) in [5.41, 5.74) is 4.37. The number of unbranched alkanes of at least 4 members (excludes halogenated alkanes) is 24. The first-order valence-corrected chi connectivity index (χ1v) is 47.5. The van der Waals surface area contributed by atoms with Crippen LogP contribution >= 0.6 is 23.5 Å². The standard InChI is InChI=1S/C94H128NO21P3/c1-3-5-7-9-11-13-15-17-19-21-23-25-48-65-86(96)112-88(113-87(97)66-49-26-24-22-20-18-16-14-12-10-8-6-4-2)76-111-117(98,106-68-50-67-95)114-92-90(104-77-101-69-79-51-34-27-35-52-79)89(103-71-81-55-38-29-39-56-81)93(115-118(99,107-72-82-57-40-30-41-58-82)108-73-83-59-42-31-43-60-83)94(91(92)105-78-102-70-80-53-36-28-37-54-80)116-119(100,109-74-84-61-44-32-45-62-84)110-75-85-63-46-33-47-64-85/h27-47,51-64,88-94H,3-26,48-50,65-66,68-78H2,1-2H3/t89-,90+,91-,92+,93+,94+,117?/m0/s1. The molecule has 1 unspecified atom stereocenters. The minimum Gasteiger partial charge on any atom is -0.423 e. The maximum atomic E-state index is 16.6. The Labute approximate surface area is 707 Å². The van der Waals surface area contributed by atoms with Gasteiger partial charge in [-0.2, -0.15) is 5.26 Å². The van der Waals surface area contributed by atoms with E-state index in [-0.39, 0.29) is 65.5 Å². The molecule has 0 radical (unpaired) electrons. The van der Waals surface area contributed by atoms with E-state index >= 15 is 13.7 Å². The highest BCUT2D eigenvalue weighted by Gasteiger charge is 2.61. The number of benzene rings is 7. The fourth-order valence-corrected chi connectivity index (χ4v) is 17.7. The molecule has 1 saturated carbocycles. The van der Waals surface area contributed by atoms with E-state index in [1.165, 1.54) is 89.9 Å². The molecule has 0 saturated heterocycles. The maximum Gasteiger partial charge on any atom is 0.475 e. The number of rotatable bonds is 67. The maximum absolute atomic E-state index is 16.6. The predicted molar refractivity (Wildman–Crippen MR) is 458 cm³/mol. The Morgan fingerprint density at radius 1 is 0.311 bits per heavy atom. The zero-order valence-corrected chi connectivity index (χ0v) is 72.6. The number of hydrogen-bond acceptors (Lipinski definition) is 22. The highest BCUT2D eigenvalue weighted by Crippen LogP contribution is 2.60. The van der Waals surface area contributed by atoms with Crippen molar-refractivity contribution >= 4 is 35.4 Å². The van der Waals surface area contributed by atoms with Crippen LogP contribution in [0.4, 0.5) is 0 Å². The van der Waals surface area contributed by atoms with Crippen LogP contribution in [0.25, 0.3) is 0 Å². The molecule has 1 aliphatic carbocycles. The van der Waals surface area contributed by atoms with Crippen LogP contribution in [0, 0.1) is 11.3 Å². The Hall–Kier alpha value is -6.90. The summed E-state index contributed by atoms with van der Waals surface area (Å²) in [6, 6.07) is 65.2. The van der Waals surface area contributed by atoms with Crippen LogP contribution in [-0.2, 0) is 143 Å². The van der Waals surface area contributed by atoms with E-state index in [1.807, 2.05) is 97.1 Å². The number of ether oxygens (including phenoxy) is 7. The SMILES string of the molecule is CCCCCCCCCCCCCCCC(=O)OC(COP(=O)(OCCC#N)O[C@@H]1[C@H](OCOCc2ccccc2)[C@H](OCc2ccccc2)[C@@H](OP(=O)(OCc2ccccc2)OCc2ccccc2)[C@H](OP(=O)(OCc2ccccc2)OCc2ccccc2)[C@H]1OCOCc1ccccc1)OC(=O)CCCCCCCCCCCCCCC. The van der Waals surface area contributed by atoms with Gasteiger partial charge in [0, 0.05) is 12.8 Å². The molecule has 1 aliphatic rings. The average molecular weight is 1700 g/mol. The third-order valence-electron chi connectivity index (χ3n) is 20.1. The minimum absolute atomic E-state index is 0.000498. The summed E-state index contributed by atoms with van der Waals surface area (Å²) < 4.78 is 155. The normalized spacial score (nSPS) is 16.8. The molecule has 22 nitrogen and oxygen atoms in total. The van der Waals surface area contributed by atoms with Crippen LogP contribution < -0.4 is 0 Å². The summed E-state index contributed by atoms with van der Waals surface area (Å²) in [6.45, 7) is 0.000285. The molecule has 7 aromatic carbocycles. The zero-order chi connectivity index (χ0) is 83.8. The molecule has 0 aromatic heterocycles. The molecule has 8 rings (SSSR count). The van der Waals surface area contributed by atoms with E-state index in [2.05, 4.69) is 13.8 Å². The topological polar surface area (TPSA) is 257 Å². The second-order valence-electron chi connectivity index (χ2n) is 29.9.